The Labute approximate surface area is 364 Å². The second kappa shape index (κ2) is 19.0. The van der Waals surface area contributed by atoms with Crippen LogP contribution in [0.1, 0.15) is 16.1 Å². The van der Waals surface area contributed by atoms with Crippen molar-refractivity contribution in [3.8, 4) is 5.75 Å². The number of nitrogens with zero attached hydrogens (tertiary/aromatic N) is 2. The van der Waals surface area contributed by atoms with Crippen LogP contribution in [0.15, 0.2) is 73.2 Å². The molecule has 1 heterocycles. The highest BCUT2D eigenvalue weighted by atomic mass is 19.2. The fourth-order valence-electron chi connectivity index (χ4n) is 6.98. The first-order chi connectivity index (χ1) is 31.9. The first-order valence-electron chi connectivity index (χ1n) is 18.0. The SMILES string of the molecule is Fc1c(F)c(F)c([B-](c2c(F)c(F)c(F)c(F)c2F)(c2c(F)c(F)c(F)c(F)c2F)c2c(F)c(F)c(F)c(F)c2F)c(F)c1F.O=C(Oc1ccccc1F)c1c[n+](Cc2ccccc2)ccn1. The third-order valence-electron chi connectivity index (χ3n) is 9.92. The average Bonchev–Trinajstić information content (AvgIpc) is 3.32. The summed E-state index contributed by atoms with van der Waals surface area (Å²) in [7, 11) is 0. The Morgan fingerprint density at radius 1 is 0.426 bits per heavy atom. The van der Waals surface area contributed by atoms with Gasteiger partial charge in [-0.1, -0.05) is 42.5 Å². The molecule has 1 aromatic heterocycles. The molecule has 0 N–H and O–H groups in total. The minimum Gasteiger partial charge on any atom is -0.418 e. The summed E-state index contributed by atoms with van der Waals surface area (Å²) >= 11 is 0. The lowest BCUT2D eigenvalue weighted by Crippen LogP contribution is -2.81. The van der Waals surface area contributed by atoms with Gasteiger partial charge in [0.25, 0.3) is 0 Å². The fourth-order valence-corrected chi connectivity index (χ4v) is 6.98. The summed E-state index contributed by atoms with van der Waals surface area (Å²) in [6.45, 7) is 0.601. The van der Waals surface area contributed by atoms with Gasteiger partial charge in [0.2, 0.25) is 11.9 Å². The van der Waals surface area contributed by atoms with Crippen molar-refractivity contribution in [3.05, 3.63) is 207 Å². The number of esters is 1. The zero-order chi connectivity index (χ0) is 50.4. The number of carbonyl (C=O) groups is 1. The zero-order valence-electron chi connectivity index (χ0n) is 32.4. The van der Waals surface area contributed by atoms with E-state index in [1.54, 1.807) is 18.5 Å². The van der Waals surface area contributed by atoms with Crippen LogP contribution in [-0.2, 0) is 6.54 Å². The monoisotopic (exact) mass is 988 g/mol. The smallest absolute Gasteiger partial charge is 0.368 e. The molecular formula is C42H14BF21N2O2. The molecule has 4 nitrogen and oxygen atoms in total. The van der Waals surface area contributed by atoms with E-state index >= 15 is 35.1 Å². The van der Waals surface area contributed by atoms with Gasteiger partial charge in [-0.2, -0.15) is 4.57 Å². The molecule has 0 radical (unpaired) electrons. The first kappa shape index (κ1) is 49.9. The predicted molar refractivity (Wildman–Crippen MR) is 191 cm³/mol. The van der Waals surface area contributed by atoms with Crippen LogP contribution in [0.3, 0.4) is 0 Å². The van der Waals surface area contributed by atoms with Gasteiger partial charge in [0, 0.05) is 5.56 Å². The van der Waals surface area contributed by atoms with Crippen molar-refractivity contribution >= 4 is 34.0 Å². The van der Waals surface area contributed by atoms with Gasteiger partial charge in [0.15, 0.2) is 94.1 Å². The summed E-state index contributed by atoms with van der Waals surface area (Å²) in [5.41, 5.74) is -13.1. The lowest BCUT2D eigenvalue weighted by atomic mass is 9.12. The quantitative estimate of drug-likeness (QED) is 0.0292. The standard InChI is InChI=1S/C24BF20.C18H14FN2O2/c26-5-1(6(27)14(35)21(42)13(5)34)25(2-7(28)15(36)22(43)16(37)8(2)29,3-9(30)17(38)23(44)18(39)10(3)31)4-11(32)19(40)24(45)20(41)12(4)33;19-15-8-4-5-9-17(15)23-18(22)16-13-21(11-10-20-16)12-14-6-2-1-3-7-14/h;1-11,13H,12H2/q-1;+1. The molecule has 68 heavy (non-hydrogen) atoms. The second-order valence-electron chi connectivity index (χ2n) is 13.7. The molecular weight excluding hydrogens is 974 g/mol. The van der Waals surface area contributed by atoms with Crippen LogP contribution in [0.4, 0.5) is 92.2 Å². The highest BCUT2D eigenvalue weighted by Gasteiger charge is 2.52. The number of hydrogen-bond donors (Lipinski definition) is 0. The van der Waals surface area contributed by atoms with Crippen molar-refractivity contribution in [2.24, 2.45) is 0 Å². The van der Waals surface area contributed by atoms with Crippen molar-refractivity contribution in [2.45, 2.75) is 6.54 Å². The molecule has 0 aliphatic rings. The number of hydrogen-bond acceptors (Lipinski definition) is 3. The Hall–Kier alpha value is -7.54. The summed E-state index contributed by atoms with van der Waals surface area (Å²) in [4.78, 5) is 16.1. The van der Waals surface area contributed by atoms with Crippen LogP contribution in [0.2, 0.25) is 0 Å². The Morgan fingerprint density at radius 2 is 0.735 bits per heavy atom. The van der Waals surface area contributed by atoms with E-state index in [0.717, 1.165) is 5.56 Å². The molecule has 7 rings (SSSR count). The maximum atomic E-state index is 15.4. The molecule has 0 spiro atoms. The van der Waals surface area contributed by atoms with Gasteiger partial charge in [0.05, 0.1) is 6.20 Å². The molecule has 0 aliphatic heterocycles. The molecule has 0 amide bonds. The fraction of sp³-hybridized carbons (Fsp3) is 0.0238. The summed E-state index contributed by atoms with van der Waals surface area (Å²) < 4.78 is 314. The average molecular weight is 988 g/mol. The number of rotatable bonds is 8. The van der Waals surface area contributed by atoms with Crippen LogP contribution in [0, 0.1) is 122 Å². The molecule has 0 unspecified atom stereocenters. The number of carbonyl (C=O) groups excluding carboxylic acids is 1. The number of ether oxygens (including phenoxy) is 1. The molecule has 26 heteroatoms. The Kier molecular flexibility index (Phi) is 13.9. The molecule has 6 aromatic carbocycles. The van der Waals surface area contributed by atoms with E-state index in [-0.39, 0.29) is 11.4 Å². The largest absolute Gasteiger partial charge is 0.418 e. The van der Waals surface area contributed by atoms with E-state index in [9.17, 15) is 61.9 Å². The van der Waals surface area contributed by atoms with Gasteiger partial charge in [-0.05, 0) is 12.1 Å². The number of para-hydroxylation sites is 1. The lowest BCUT2D eigenvalue weighted by molar-refractivity contribution is -0.689. The molecule has 0 atom stereocenters. The van der Waals surface area contributed by atoms with Gasteiger partial charge in [-0.15, -0.1) is 21.9 Å². The van der Waals surface area contributed by atoms with E-state index in [1.165, 1.54) is 24.4 Å². The minimum absolute atomic E-state index is 0.113. The van der Waals surface area contributed by atoms with E-state index < -0.39 is 156 Å². The van der Waals surface area contributed by atoms with Crippen LogP contribution >= 0.6 is 0 Å². The maximum Gasteiger partial charge on any atom is 0.368 e. The third kappa shape index (κ3) is 8.20. The summed E-state index contributed by atoms with van der Waals surface area (Å²) in [5, 5.41) is 0. The van der Waals surface area contributed by atoms with Crippen LogP contribution in [-0.4, -0.2) is 17.1 Å². The van der Waals surface area contributed by atoms with Gasteiger partial charge in [-0.25, -0.2) is 102 Å². The van der Waals surface area contributed by atoms with E-state index in [4.69, 9.17) is 4.74 Å². The summed E-state index contributed by atoms with van der Waals surface area (Å²) in [6, 6.07) is 15.6. The number of benzene rings is 6. The molecule has 0 fully saturated rings. The van der Waals surface area contributed by atoms with E-state index in [1.807, 2.05) is 34.9 Å². The minimum atomic E-state index is -7.22. The van der Waals surface area contributed by atoms with E-state index in [0.29, 0.717) is 6.54 Å². The van der Waals surface area contributed by atoms with Crippen molar-refractivity contribution in [1.29, 1.82) is 0 Å². The highest BCUT2D eigenvalue weighted by Crippen LogP contribution is 2.31. The Morgan fingerprint density at radius 3 is 1.07 bits per heavy atom. The molecule has 0 bridgehead atoms. The van der Waals surface area contributed by atoms with Gasteiger partial charge >= 0.3 is 5.97 Å². The number of halogens is 21. The summed E-state index contributed by atoms with van der Waals surface area (Å²) in [6.07, 6.45) is -2.37. The van der Waals surface area contributed by atoms with Crippen LogP contribution in [0.5, 0.6) is 5.75 Å². The van der Waals surface area contributed by atoms with Crippen LogP contribution in [0.25, 0.3) is 0 Å². The normalized spacial score (nSPS) is 11.4. The summed E-state index contributed by atoms with van der Waals surface area (Å²) in [5.74, 6) is -72.8. The van der Waals surface area contributed by atoms with Crippen molar-refractivity contribution < 1.29 is 106 Å². The van der Waals surface area contributed by atoms with E-state index in [2.05, 4.69) is 4.98 Å². The maximum absolute atomic E-state index is 15.4. The van der Waals surface area contributed by atoms with Crippen molar-refractivity contribution in [1.82, 2.24) is 4.98 Å². The molecule has 0 saturated carbocycles. The van der Waals surface area contributed by atoms with Crippen molar-refractivity contribution in [2.75, 3.05) is 0 Å². The van der Waals surface area contributed by atoms with Gasteiger partial charge in [0.1, 0.15) is 52.7 Å². The zero-order valence-corrected chi connectivity index (χ0v) is 32.4. The molecule has 7 aromatic rings. The third-order valence-corrected chi connectivity index (χ3v) is 9.92. The Bertz CT molecular complexity index is 2790. The topological polar surface area (TPSA) is 43.1 Å². The van der Waals surface area contributed by atoms with Gasteiger partial charge in [-0.3, -0.25) is 0 Å². The molecule has 354 valence electrons. The second-order valence-corrected chi connectivity index (χ2v) is 13.7. The molecule has 0 aliphatic carbocycles. The molecule has 0 saturated heterocycles. The van der Waals surface area contributed by atoms with Crippen LogP contribution < -0.4 is 31.2 Å². The highest BCUT2D eigenvalue weighted by molar-refractivity contribution is 7.20. The number of aromatic nitrogens is 2. The Balaban J connectivity index is 0.000000276. The van der Waals surface area contributed by atoms with Crippen molar-refractivity contribution in [3.63, 3.8) is 0 Å². The first-order valence-corrected chi connectivity index (χ1v) is 18.0. The van der Waals surface area contributed by atoms with Gasteiger partial charge < -0.3 is 4.74 Å². The lowest BCUT2D eigenvalue weighted by Gasteiger charge is -2.44. The predicted octanol–water partition coefficient (Wildman–Crippen LogP) is 8.62.